The van der Waals surface area contributed by atoms with Gasteiger partial charge in [0.05, 0.1) is 19.3 Å². The first kappa shape index (κ1) is 9.55. The topological polar surface area (TPSA) is 29.4 Å². The van der Waals surface area contributed by atoms with Gasteiger partial charge < -0.3 is 15.1 Å². The fourth-order valence-corrected chi connectivity index (χ4v) is 1.64. The van der Waals surface area contributed by atoms with Gasteiger partial charge >= 0.3 is 0 Å². The van der Waals surface area contributed by atoms with Crippen LogP contribution in [0.2, 0.25) is 0 Å². The summed E-state index contributed by atoms with van der Waals surface area (Å²) in [5.41, 5.74) is 3.28. The van der Waals surface area contributed by atoms with Crippen molar-refractivity contribution in [3.05, 3.63) is 24.5 Å². The lowest BCUT2D eigenvalue weighted by molar-refractivity contribution is -0.0128. The van der Waals surface area contributed by atoms with Gasteiger partial charge in [0.15, 0.2) is 0 Å². The number of nitrogens with one attached hydrogen (secondary N) is 1. The van der Waals surface area contributed by atoms with E-state index in [4.69, 9.17) is 4.74 Å². The zero-order valence-corrected chi connectivity index (χ0v) is 8.52. The van der Waals surface area contributed by atoms with E-state index in [1.165, 1.54) is 0 Å². The minimum absolute atomic E-state index is 0.302. The molecule has 1 aliphatic heterocycles. The molecule has 0 radical (unpaired) electrons. The Kier molecular flexibility index (Phi) is 3.06. The summed E-state index contributed by atoms with van der Waals surface area (Å²) in [7, 11) is 2.13. The summed E-state index contributed by atoms with van der Waals surface area (Å²) in [6.07, 6.45) is 4.29. The quantitative estimate of drug-likeness (QED) is 0.755. The first-order chi connectivity index (χ1) is 6.84. The highest BCUT2D eigenvalue weighted by atomic mass is 16.5. The van der Waals surface area contributed by atoms with Crippen LogP contribution in [0, 0.1) is 0 Å². The molecule has 0 aromatic carbocycles. The molecular weight excluding hydrogens is 178 g/mol. The third kappa shape index (κ3) is 2.49. The highest BCUT2D eigenvalue weighted by Gasteiger charge is 2.16. The Morgan fingerprint density at radius 2 is 2.21 bits per heavy atom. The lowest BCUT2D eigenvalue weighted by atomic mass is 10.3. The molecule has 0 spiro atoms. The Bertz CT molecular complexity index is 260. The normalized spacial score (nSPS) is 23.6. The second kappa shape index (κ2) is 4.48. The Balaban J connectivity index is 1.75. The molecule has 1 unspecified atom stereocenters. The lowest BCUT2D eigenvalue weighted by Gasteiger charge is -2.30. The van der Waals surface area contributed by atoms with E-state index in [0.717, 1.165) is 26.2 Å². The molecule has 78 valence electrons. The van der Waals surface area contributed by atoms with E-state index in [1.54, 1.807) is 0 Å². The predicted octanol–water partition coefficient (Wildman–Crippen LogP) is 0.362. The van der Waals surface area contributed by atoms with E-state index in [1.807, 2.05) is 29.2 Å². The summed E-state index contributed by atoms with van der Waals surface area (Å²) in [6.45, 7) is 3.75. The second-order valence-corrected chi connectivity index (χ2v) is 3.71. The molecule has 14 heavy (non-hydrogen) atoms. The van der Waals surface area contributed by atoms with Crippen LogP contribution in [-0.4, -0.2) is 49.0 Å². The molecular formula is C10H17N3O. The minimum Gasteiger partial charge on any atom is -0.374 e. The maximum Gasteiger partial charge on any atom is 0.0890 e. The maximum absolute atomic E-state index is 5.63. The van der Waals surface area contributed by atoms with Gasteiger partial charge in [0.1, 0.15) is 0 Å². The lowest BCUT2D eigenvalue weighted by Crippen LogP contribution is -2.44. The van der Waals surface area contributed by atoms with Crippen LogP contribution in [0.15, 0.2) is 24.5 Å². The monoisotopic (exact) mass is 195 g/mol. The number of aromatic nitrogens is 1. The molecule has 1 fully saturated rings. The SMILES string of the molecule is CN1CCOC(CNn2cccc2)C1. The molecule has 1 aromatic heterocycles. The Morgan fingerprint density at radius 1 is 1.43 bits per heavy atom. The van der Waals surface area contributed by atoms with Crippen LogP contribution >= 0.6 is 0 Å². The van der Waals surface area contributed by atoms with E-state index < -0.39 is 0 Å². The van der Waals surface area contributed by atoms with Crippen LogP contribution in [0.3, 0.4) is 0 Å². The number of ether oxygens (including phenoxy) is 1. The van der Waals surface area contributed by atoms with Gasteiger partial charge in [-0.1, -0.05) is 0 Å². The summed E-state index contributed by atoms with van der Waals surface area (Å²) in [4.78, 5) is 2.30. The molecule has 2 rings (SSSR count). The van der Waals surface area contributed by atoms with Crippen LogP contribution < -0.4 is 5.43 Å². The molecule has 1 atom stereocenters. The third-order valence-corrected chi connectivity index (χ3v) is 2.45. The predicted molar refractivity (Wildman–Crippen MR) is 55.9 cm³/mol. The van der Waals surface area contributed by atoms with Gasteiger partial charge in [0.2, 0.25) is 0 Å². The number of morpholine rings is 1. The fourth-order valence-electron chi connectivity index (χ4n) is 1.64. The van der Waals surface area contributed by atoms with Crippen molar-refractivity contribution in [2.75, 3.05) is 38.7 Å². The number of nitrogens with zero attached hydrogens (tertiary/aromatic N) is 2. The van der Waals surface area contributed by atoms with Gasteiger partial charge in [-0.05, 0) is 19.2 Å². The van der Waals surface area contributed by atoms with Crippen molar-refractivity contribution < 1.29 is 4.74 Å². The highest BCUT2D eigenvalue weighted by molar-refractivity contribution is 4.94. The first-order valence-corrected chi connectivity index (χ1v) is 5.01. The molecule has 2 heterocycles. The van der Waals surface area contributed by atoms with Crippen molar-refractivity contribution in [3.63, 3.8) is 0 Å². The van der Waals surface area contributed by atoms with Gasteiger partial charge in [-0.2, -0.15) is 0 Å². The smallest absolute Gasteiger partial charge is 0.0890 e. The summed E-state index contributed by atoms with van der Waals surface area (Å²) in [5, 5.41) is 0. The van der Waals surface area contributed by atoms with E-state index in [-0.39, 0.29) is 0 Å². The average molecular weight is 195 g/mol. The maximum atomic E-state index is 5.63. The van der Waals surface area contributed by atoms with Gasteiger partial charge in [0.25, 0.3) is 0 Å². The number of hydrogen-bond donors (Lipinski definition) is 1. The molecule has 1 aliphatic rings. The number of hydrogen-bond acceptors (Lipinski definition) is 3. The second-order valence-electron chi connectivity index (χ2n) is 3.71. The van der Waals surface area contributed by atoms with Crippen molar-refractivity contribution in [1.82, 2.24) is 9.58 Å². The van der Waals surface area contributed by atoms with Crippen LogP contribution in [0.25, 0.3) is 0 Å². The molecule has 1 aromatic rings. The van der Waals surface area contributed by atoms with Crippen molar-refractivity contribution in [2.45, 2.75) is 6.10 Å². The van der Waals surface area contributed by atoms with Crippen LogP contribution in [0.4, 0.5) is 0 Å². The molecule has 1 saturated heterocycles. The molecule has 0 saturated carbocycles. The van der Waals surface area contributed by atoms with Crippen LogP contribution in [0.5, 0.6) is 0 Å². The van der Waals surface area contributed by atoms with Gasteiger partial charge in [0, 0.05) is 25.5 Å². The summed E-state index contributed by atoms with van der Waals surface area (Å²) in [6, 6.07) is 4.00. The van der Waals surface area contributed by atoms with Gasteiger partial charge in [-0.3, -0.25) is 4.68 Å². The largest absolute Gasteiger partial charge is 0.374 e. The number of rotatable bonds is 3. The summed E-state index contributed by atoms with van der Waals surface area (Å²) >= 11 is 0. The third-order valence-electron chi connectivity index (χ3n) is 2.45. The van der Waals surface area contributed by atoms with Crippen molar-refractivity contribution >= 4 is 0 Å². The highest BCUT2D eigenvalue weighted by Crippen LogP contribution is 2.01. The van der Waals surface area contributed by atoms with Crippen molar-refractivity contribution in [1.29, 1.82) is 0 Å². The minimum atomic E-state index is 0.302. The first-order valence-electron chi connectivity index (χ1n) is 5.01. The molecule has 4 heteroatoms. The molecule has 0 bridgehead atoms. The average Bonchev–Trinajstić information content (AvgIpc) is 2.67. The van der Waals surface area contributed by atoms with E-state index >= 15 is 0 Å². The molecule has 0 amide bonds. The van der Waals surface area contributed by atoms with Gasteiger partial charge in [-0.25, -0.2) is 0 Å². The Hall–Kier alpha value is -1.00. The number of likely N-dealkylation sites (N-methyl/N-ethyl adjacent to an activating group) is 1. The van der Waals surface area contributed by atoms with Crippen molar-refractivity contribution in [3.8, 4) is 0 Å². The van der Waals surface area contributed by atoms with E-state index in [2.05, 4.69) is 17.4 Å². The van der Waals surface area contributed by atoms with Crippen molar-refractivity contribution in [2.24, 2.45) is 0 Å². The summed E-state index contributed by atoms with van der Waals surface area (Å²) in [5.74, 6) is 0. The van der Waals surface area contributed by atoms with Crippen LogP contribution in [-0.2, 0) is 4.74 Å². The van der Waals surface area contributed by atoms with E-state index in [9.17, 15) is 0 Å². The standard InChI is InChI=1S/C10H17N3O/c1-12-6-7-14-10(9-12)8-11-13-4-2-3-5-13/h2-5,10-11H,6-9H2,1H3. The van der Waals surface area contributed by atoms with E-state index in [0.29, 0.717) is 6.10 Å². The van der Waals surface area contributed by atoms with Gasteiger partial charge in [-0.15, -0.1) is 0 Å². The molecule has 1 N–H and O–H groups in total. The van der Waals surface area contributed by atoms with Crippen LogP contribution in [0.1, 0.15) is 0 Å². The Labute approximate surface area is 84.4 Å². The zero-order valence-electron chi connectivity index (χ0n) is 8.52. The summed E-state index contributed by atoms with van der Waals surface area (Å²) < 4.78 is 7.59. The zero-order chi connectivity index (χ0) is 9.80. The Morgan fingerprint density at radius 3 is 2.93 bits per heavy atom. The fraction of sp³-hybridized carbons (Fsp3) is 0.600. The molecule has 0 aliphatic carbocycles. The molecule has 4 nitrogen and oxygen atoms in total.